The number of hydrogen-bond donors (Lipinski definition) is 2. The fourth-order valence-electron chi connectivity index (χ4n) is 2.03. The Morgan fingerprint density at radius 1 is 1.38 bits per heavy atom. The molecule has 1 rings (SSSR count). The Balaban J connectivity index is 2.43. The summed E-state index contributed by atoms with van der Waals surface area (Å²) in [7, 11) is 0. The number of rotatable bonds is 8. The Morgan fingerprint density at radius 2 is 2.10 bits per heavy atom. The summed E-state index contributed by atoms with van der Waals surface area (Å²) in [5.74, 6) is -0.853. The lowest BCUT2D eigenvalue weighted by molar-refractivity contribution is -0.137. The maximum absolute atomic E-state index is 12.1. The van der Waals surface area contributed by atoms with Gasteiger partial charge in [-0.05, 0) is 43.9 Å². The van der Waals surface area contributed by atoms with E-state index in [4.69, 9.17) is 5.11 Å². The third-order valence-electron chi connectivity index (χ3n) is 3.06. The molecular formula is C15H20F3NO2. The molecule has 3 nitrogen and oxygen atoms in total. The number of carboxylic acids is 1. The van der Waals surface area contributed by atoms with Crippen molar-refractivity contribution in [3.63, 3.8) is 0 Å². The van der Waals surface area contributed by atoms with Crippen molar-refractivity contribution in [3.8, 4) is 0 Å². The summed E-state index contributed by atoms with van der Waals surface area (Å²) in [6, 6.07) is 7.24. The first-order chi connectivity index (χ1) is 9.76. The molecule has 1 aromatic carbocycles. The van der Waals surface area contributed by atoms with Crippen LogP contribution in [0, 0.1) is 0 Å². The van der Waals surface area contributed by atoms with E-state index in [1.54, 1.807) is 0 Å². The lowest BCUT2D eigenvalue weighted by Crippen LogP contribution is -2.16. The molecule has 0 aliphatic heterocycles. The second-order valence-electron chi connectivity index (χ2n) is 5.15. The first-order valence-corrected chi connectivity index (χ1v) is 6.90. The SMILES string of the molecule is CC(CCCC(F)(F)F)Nc1cccc(CCC(=O)O)c1. The number of alkyl halides is 3. The zero-order valence-corrected chi connectivity index (χ0v) is 11.9. The predicted molar refractivity (Wildman–Crippen MR) is 75.4 cm³/mol. The molecule has 0 radical (unpaired) electrons. The smallest absolute Gasteiger partial charge is 0.389 e. The van der Waals surface area contributed by atoms with Crippen molar-refractivity contribution in [2.45, 2.75) is 51.2 Å². The van der Waals surface area contributed by atoms with Gasteiger partial charge in [0.1, 0.15) is 0 Å². The van der Waals surface area contributed by atoms with Crippen molar-refractivity contribution in [1.29, 1.82) is 0 Å². The Hall–Kier alpha value is -1.72. The van der Waals surface area contributed by atoms with E-state index in [2.05, 4.69) is 5.32 Å². The van der Waals surface area contributed by atoms with Crippen LogP contribution in [0.15, 0.2) is 24.3 Å². The summed E-state index contributed by atoms with van der Waals surface area (Å²) in [6.45, 7) is 1.83. The molecule has 6 heteroatoms. The molecule has 2 N–H and O–H groups in total. The lowest BCUT2D eigenvalue weighted by atomic mass is 10.1. The van der Waals surface area contributed by atoms with E-state index in [9.17, 15) is 18.0 Å². The minimum atomic E-state index is -4.10. The van der Waals surface area contributed by atoms with Crippen LogP contribution in [-0.2, 0) is 11.2 Å². The van der Waals surface area contributed by atoms with E-state index in [1.807, 2.05) is 31.2 Å². The van der Waals surface area contributed by atoms with Crippen LogP contribution < -0.4 is 5.32 Å². The molecule has 1 unspecified atom stereocenters. The molecule has 1 aromatic rings. The van der Waals surface area contributed by atoms with Gasteiger partial charge in [0, 0.05) is 24.6 Å². The van der Waals surface area contributed by atoms with E-state index >= 15 is 0 Å². The molecule has 0 aliphatic carbocycles. The molecule has 0 heterocycles. The van der Waals surface area contributed by atoms with E-state index in [1.165, 1.54) is 0 Å². The summed E-state index contributed by atoms with van der Waals surface area (Å²) < 4.78 is 36.2. The van der Waals surface area contributed by atoms with Gasteiger partial charge in [0.05, 0.1) is 0 Å². The highest BCUT2D eigenvalue weighted by molar-refractivity contribution is 5.67. The lowest BCUT2D eigenvalue weighted by Gasteiger charge is -2.16. The van der Waals surface area contributed by atoms with Gasteiger partial charge in [0.15, 0.2) is 0 Å². The zero-order chi connectivity index (χ0) is 15.9. The predicted octanol–water partition coefficient (Wildman–Crippen LogP) is 4.24. The average Bonchev–Trinajstić information content (AvgIpc) is 2.35. The Bertz CT molecular complexity index is 460. The first-order valence-electron chi connectivity index (χ1n) is 6.90. The normalized spacial score (nSPS) is 13.0. The Kier molecular flexibility index (Phi) is 6.52. The average molecular weight is 303 g/mol. The third-order valence-corrected chi connectivity index (χ3v) is 3.06. The van der Waals surface area contributed by atoms with Crippen molar-refractivity contribution < 1.29 is 23.1 Å². The minimum absolute atomic E-state index is 0.0601. The van der Waals surface area contributed by atoms with Gasteiger partial charge >= 0.3 is 12.1 Å². The van der Waals surface area contributed by atoms with Gasteiger partial charge in [0.25, 0.3) is 0 Å². The number of carboxylic acid groups (broad SMARTS) is 1. The number of aryl methyl sites for hydroxylation is 1. The molecule has 0 saturated carbocycles. The maximum Gasteiger partial charge on any atom is 0.389 e. The Labute approximate surface area is 122 Å². The summed E-state index contributed by atoms with van der Waals surface area (Å²) in [4.78, 5) is 10.5. The Morgan fingerprint density at radius 3 is 2.71 bits per heavy atom. The molecule has 0 spiro atoms. The van der Waals surface area contributed by atoms with E-state index in [-0.39, 0.29) is 18.9 Å². The summed E-state index contributed by atoms with van der Waals surface area (Å²) >= 11 is 0. The number of nitrogens with one attached hydrogen (secondary N) is 1. The summed E-state index contributed by atoms with van der Waals surface area (Å²) in [6.07, 6.45) is -3.85. The molecule has 0 saturated heterocycles. The van der Waals surface area contributed by atoms with Gasteiger partial charge in [-0.2, -0.15) is 13.2 Å². The quantitative estimate of drug-likeness (QED) is 0.755. The van der Waals surface area contributed by atoms with E-state index in [0.717, 1.165) is 11.3 Å². The van der Waals surface area contributed by atoms with Crippen molar-refractivity contribution >= 4 is 11.7 Å². The van der Waals surface area contributed by atoms with Crippen LogP contribution in [0.1, 0.15) is 38.2 Å². The second-order valence-corrected chi connectivity index (χ2v) is 5.15. The molecule has 0 aliphatic rings. The molecule has 0 fully saturated rings. The van der Waals surface area contributed by atoms with Crippen molar-refractivity contribution in [2.75, 3.05) is 5.32 Å². The van der Waals surface area contributed by atoms with Gasteiger partial charge in [-0.1, -0.05) is 12.1 Å². The monoisotopic (exact) mass is 303 g/mol. The van der Waals surface area contributed by atoms with Crippen LogP contribution in [0.2, 0.25) is 0 Å². The van der Waals surface area contributed by atoms with Crippen LogP contribution >= 0.6 is 0 Å². The fourth-order valence-corrected chi connectivity index (χ4v) is 2.03. The van der Waals surface area contributed by atoms with Crippen LogP contribution in [-0.4, -0.2) is 23.3 Å². The molecule has 1 atom stereocenters. The zero-order valence-electron chi connectivity index (χ0n) is 11.9. The fraction of sp³-hybridized carbons (Fsp3) is 0.533. The van der Waals surface area contributed by atoms with Crippen LogP contribution in [0.5, 0.6) is 0 Å². The topological polar surface area (TPSA) is 49.3 Å². The van der Waals surface area contributed by atoms with Crippen molar-refractivity contribution in [3.05, 3.63) is 29.8 Å². The largest absolute Gasteiger partial charge is 0.481 e. The second kappa shape index (κ2) is 7.90. The standard InChI is InChI=1S/C15H20F3NO2/c1-11(4-3-9-15(16,17)18)19-13-6-2-5-12(10-13)7-8-14(20)21/h2,5-6,10-11,19H,3-4,7-9H2,1H3,(H,20,21). The van der Waals surface area contributed by atoms with Gasteiger partial charge in [-0.25, -0.2) is 0 Å². The molecule has 0 amide bonds. The first kappa shape index (κ1) is 17.3. The highest BCUT2D eigenvalue weighted by Gasteiger charge is 2.26. The maximum atomic E-state index is 12.1. The summed E-state index contributed by atoms with van der Waals surface area (Å²) in [5, 5.41) is 11.8. The number of anilines is 1. The number of hydrogen-bond acceptors (Lipinski definition) is 2. The van der Waals surface area contributed by atoms with Crippen molar-refractivity contribution in [2.24, 2.45) is 0 Å². The molecule has 0 aromatic heterocycles. The minimum Gasteiger partial charge on any atom is -0.481 e. The van der Waals surface area contributed by atoms with Gasteiger partial charge in [-0.15, -0.1) is 0 Å². The number of aliphatic carboxylic acids is 1. The third kappa shape index (κ3) is 8.22. The molecule has 118 valence electrons. The van der Waals surface area contributed by atoms with Crippen LogP contribution in [0.25, 0.3) is 0 Å². The van der Waals surface area contributed by atoms with Gasteiger partial charge in [-0.3, -0.25) is 4.79 Å². The van der Waals surface area contributed by atoms with Gasteiger partial charge in [0.2, 0.25) is 0 Å². The number of halogens is 3. The van der Waals surface area contributed by atoms with Crippen LogP contribution in [0.3, 0.4) is 0 Å². The number of benzene rings is 1. The van der Waals surface area contributed by atoms with E-state index in [0.29, 0.717) is 12.8 Å². The highest BCUT2D eigenvalue weighted by atomic mass is 19.4. The summed E-state index contributed by atoms with van der Waals surface area (Å²) in [5.41, 5.74) is 1.70. The van der Waals surface area contributed by atoms with Gasteiger partial charge < -0.3 is 10.4 Å². The molecule has 0 bridgehead atoms. The van der Waals surface area contributed by atoms with E-state index < -0.39 is 18.6 Å². The highest BCUT2D eigenvalue weighted by Crippen LogP contribution is 2.23. The van der Waals surface area contributed by atoms with Crippen LogP contribution in [0.4, 0.5) is 18.9 Å². The molecular weight excluding hydrogens is 283 g/mol. The van der Waals surface area contributed by atoms with Crippen molar-refractivity contribution in [1.82, 2.24) is 0 Å². The number of carbonyl (C=O) groups is 1. The molecule has 21 heavy (non-hydrogen) atoms.